The average molecular weight is 337 g/mol. The molecule has 5 heteroatoms. The van der Waals surface area contributed by atoms with Gasteiger partial charge in [-0.2, -0.15) is 4.73 Å². The second kappa shape index (κ2) is 8.25. The maximum atomic E-state index is 6.28. The Kier molecular flexibility index (Phi) is 6.34. The third-order valence-electron chi connectivity index (χ3n) is 3.81. The number of aromatic nitrogens is 2. The number of halogens is 1. The summed E-state index contributed by atoms with van der Waals surface area (Å²) < 4.78 is 7.46. The Morgan fingerprint density at radius 1 is 1.17 bits per heavy atom. The number of ether oxygens (including phenoxy) is 1. The van der Waals surface area contributed by atoms with E-state index in [9.17, 15) is 0 Å². The molecule has 0 spiro atoms. The number of rotatable bonds is 8. The minimum absolute atomic E-state index is 0.573. The van der Waals surface area contributed by atoms with Crippen molar-refractivity contribution in [2.24, 2.45) is 0 Å². The summed E-state index contributed by atoms with van der Waals surface area (Å²) in [6, 6.07) is 5.92. The van der Waals surface area contributed by atoms with Crippen molar-refractivity contribution in [2.45, 2.75) is 47.0 Å². The van der Waals surface area contributed by atoms with Crippen LogP contribution in [-0.4, -0.2) is 22.9 Å². The van der Waals surface area contributed by atoms with Crippen molar-refractivity contribution in [3.63, 3.8) is 0 Å². The quantitative estimate of drug-likeness (QED) is 0.674. The molecule has 0 aliphatic carbocycles. The molecule has 23 heavy (non-hydrogen) atoms. The van der Waals surface area contributed by atoms with Crippen LogP contribution in [0.2, 0.25) is 5.02 Å². The summed E-state index contributed by atoms with van der Waals surface area (Å²) in [6.45, 7) is 9.35. The summed E-state index contributed by atoms with van der Waals surface area (Å²) in [7, 11) is 0. The number of imidazole rings is 1. The normalized spacial score (nSPS) is 10.8. The first-order chi connectivity index (χ1) is 11.0. The molecule has 1 heterocycles. The zero-order valence-corrected chi connectivity index (χ0v) is 15.1. The number of unbranched alkanes of at least 4 members (excludes halogenated alkanes) is 1. The second-order valence-corrected chi connectivity index (χ2v) is 6.08. The fourth-order valence-corrected chi connectivity index (χ4v) is 2.60. The molecule has 0 saturated carbocycles. The Bertz CT molecular complexity index is 653. The van der Waals surface area contributed by atoms with Gasteiger partial charge in [0.2, 0.25) is 0 Å². The van der Waals surface area contributed by atoms with Crippen LogP contribution in [0.3, 0.4) is 0 Å². The van der Waals surface area contributed by atoms with E-state index in [0.29, 0.717) is 18.2 Å². The van der Waals surface area contributed by atoms with Crippen LogP contribution in [0.4, 0.5) is 0 Å². The second-order valence-electron chi connectivity index (χ2n) is 5.67. The van der Waals surface area contributed by atoms with Gasteiger partial charge in [0.1, 0.15) is 18.2 Å². The minimum atomic E-state index is 0.573. The Morgan fingerprint density at radius 3 is 2.57 bits per heavy atom. The monoisotopic (exact) mass is 336 g/mol. The third kappa shape index (κ3) is 4.64. The highest BCUT2D eigenvalue weighted by Crippen LogP contribution is 2.25. The van der Waals surface area contributed by atoms with Crippen molar-refractivity contribution in [1.82, 2.24) is 9.71 Å². The summed E-state index contributed by atoms with van der Waals surface area (Å²) >= 11 is 6.28. The molecule has 0 atom stereocenters. The van der Waals surface area contributed by atoms with Gasteiger partial charge in [-0.1, -0.05) is 31.0 Å². The topological polar surface area (TPSA) is 36.3 Å². The lowest BCUT2D eigenvalue weighted by molar-refractivity contribution is 0.103. The number of hydrogen-bond donors (Lipinski definition) is 0. The first-order valence-corrected chi connectivity index (χ1v) is 8.47. The van der Waals surface area contributed by atoms with Gasteiger partial charge in [0, 0.05) is 6.42 Å². The summed E-state index contributed by atoms with van der Waals surface area (Å²) in [5.41, 5.74) is 3.17. The lowest BCUT2D eigenvalue weighted by Crippen LogP contribution is -2.17. The summed E-state index contributed by atoms with van der Waals surface area (Å²) in [6.07, 6.45) is 2.93. The average Bonchev–Trinajstić information content (AvgIpc) is 2.76. The number of benzene rings is 1. The van der Waals surface area contributed by atoms with Gasteiger partial charge in [-0.05, 0) is 44.9 Å². The molecular formula is C18H25ClN2O2. The molecule has 0 saturated heterocycles. The fraction of sp³-hybridized carbons (Fsp3) is 0.500. The Balaban J connectivity index is 1.89. The highest BCUT2D eigenvalue weighted by Gasteiger charge is 2.08. The fourth-order valence-electron chi connectivity index (χ4n) is 2.35. The molecule has 0 aliphatic rings. The molecule has 0 fully saturated rings. The van der Waals surface area contributed by atoms with E-state index in [2.05, 4.69) is 11.9 Å². The van der Waals surface area contributed by atoms with Crippen LogP contribution < -0.4 is 9.57 Å². The minimum Gasteiger partial charge on any atom is -0.492 e. The van der Waals surface area contributed by atoms with E-state index >= 15 is 0 Å². The van der Waals surface area contributed by atoms with Crippen LogP contribution >= 0.6 is 11.6 Å². The van der Waals surface area contributed by atoms with Gasteiger partial charge in [-0.15, -0.1) is 0 Å². The highest BCUT2D eigenvalue weighted by atomic mass is 35.5. The van der Waals surface area contributed by atoms with Crippen LogP contribution in [0.25, 0.3) is 0 Å². The van der Waals surface area contributed by atoms with E-state index in [0.717, 1.165) is 47.8 Å². The van der Waals surface area contributed by atoms with Gasteiger partial charge in [-0.25, -0.2) is 4.98 Å². The zero-order valence-electron chi connectivity index (χ0n) is 14.4. The maximum Gasteiger partial charge on any atom is 0.142 e. The molecule has 0 radical (unpaired) electrons. The van der Waals surface area contributed by atoms with Crippen molar-refractivity contribution in [1.29, 1.82) is 0 Å². The van der Waals surface area contributed by atoms with Gasteiger partial charge in [0.15, 0.2) is 0 Å². The number of hydrogen-bond acceptors (Lipinski definition) is 3. The number of aryl methyl sites for hydroxylation is 2. The van der Waals surface area contributed by atoms with Gasteiger partial charge in [0.05, 0.1) is 23.0 Å². The molecule has 2 rings (SSSR count). The molecule has 1 aromatic carbocycles. The van der Waals surface area contributed by atoms with Crippen molar-refractivity contribution in [3.8, 4) is 5.75 Å². The first-order valence-electron chi connectivity index (χ1n) is 8.10. The Morgan fingerprint density at radius 2 is 1.96 bits per heavy atom. The van der Waals surface area contributed by atoms with Crippen LogP contribution in [0.5, 0.6) is 5.75 Å². The largest absolute Gasteiger partial charge is 0.492 e. The van der Waals surface area contributed by atoms with Crippen molar-refractivity contribution >= 4 is 11.6 Å². The molecule has 4 nitrogen and oxygen atoms in total. The summed E-state index contributed by atoms with van der Waals surface area (Å²) in [4.78, 5) is 10.2. The van der Waals surface area contributed by atoms with Crippen molar-refractivity contribution in [3.05, 3.63) is 46.0 Å². The van der Waals surface area contributed by atoms with Gasteiger partial charge >= 0.3 is 0 Å². The Labute approximate surface area is 143 Å². The van der Waals surface area contributed by atoms with Gasteiger partial charge in [-0.3, -0.25) is 0 Å². The number of nitrogens with zero attached hydrogens (tertiary/aromatic N) is 2. The summed E-state index contributed by atoms with van der Waals surface area (Å²) in [5.74, 6) is 1.62. The molecule has 0 aliphatic heterocycles. The Hall–Kier alpha value is -1.68. The lowest BCUT2D eigenvalue weighted by atomic mass is 10.1. The molecule has 2 aromatic rings. The first kappa shape index (κ1) is 17.7. The van der Waals surface area contributed by atoms with E-state index in [4.69, 9.17) is 21.2 Å². The molecule has 0 unspecified atom stereocenters. The predicted octanol–water partition coefficient (Wildman–Crippen LogP) is 4.31. The third-order valence-corrected chi connectivity index (χ3v) is 4.11. The standard InChI is InChI=1S/C18H25ClN2O2/c1-5-6-10-22-18-8-7-16(12-17(18)19)9-11-23-21-14(3)13(2)20-15(21)4/h7-8,12H,5-6,9-11H2,1-4H3. The van der Waals surface area contributed by atoms with Gasteiger partial charge < -0.3 is 9.57 Å². The van der Waals surface area contributed by atoms with Crippen LogP contribution in [0.15, 0.2) is 18.2 Å². The summed E-state index contributed by atoms with van der Waals surface area (Å²) in [5, 5.41) is 0.657. The predicted molar refractivity (Wildman–Crippen MR) is 93.4 cm³/mol. The van der Waals surface area contributed by atoms with E-state index in [-0.39, 0.29) is 0 Å². The molecule has 0 bridgehead atoms. The van der Waals surface area contributed by atoms with Crippen LogP contribution in [0.1, 0.15) is 42.5 Å². The molecule has 0 N–H and O–H groups in total. The molecule has 126 valence electrons. The van der Waals surface area contributed by atoms with E-state index in [1.54, 1.807) is 4.73 Å². The van der Waals surface area contributed by atoms with Crippen LogP contribution in [-0.2, 0) is 6.42 Å². The highest BCUT2D eigenvalue weighted by molar-refractivity contribution is 6.32. The smallest absolute Gasteiger partial charge is 0.142 e. The molecule has 1 aromatic heterocycles. The van der Waals surface area contributed by atoms with Crippen LogP contribution in [0, 0.1) is 20.8 Å². The van der Waals surface area contributed by atoms with Crippen molar-refractivity contribution < 1.29 is 9.57 Å². The lowest BCUT2D eigenvalue weighted by Gasteiger charge is -2.12. The SMILES string of the molecule is CCCCOc1ccc(CCOn2c(C)nc(C)c2C)cc1Cl. The van der Waals surface area contributed by atoms with Gasteiger partial charge in [0.25, 0.3) is 0 Å². The maximum absolute atomic E-state index is 6.28. The van der Waals surface area contributed by atoms with E-state index in [1.165, 1.54) is 0 Å². The molecular weight excluding hydrogens is 312 g/mol. The van der Waals surface area contributed by atoms with E-state index < -0.39 is 0 Å². The van der Waals surface area contributed by atoms with E-state index in [1.807, 2.05) is 39.0 Å². The molecule has 0 amide bonds. The van der Waals surface area contributed by atoms with Crippen molar-refractivity contribution in [2.75, 3.05) is 13.2 Å². The zero-order chi connectivity index (χ0) is 16.8.